The zero-order valence-corrected chi connectivity index (χ0v) is 16.4. The molecule has 6 heteroatoms. The number of aromatic nitrogens is 4. The van der Waals surface area contributed by atoms with Crippen molar-refractivity contribution in [2.75, 3.05) is 13.1 Å². The molecule has 144 valence electrons. The summed E-state index contributed by atoms with van der Waals surface area (Å²) in [5.74, 6) is 0.574. The Morgan fingerprint density at radius 2 is 2.04 bits per heavy atom. The van der Waals surface area contributed by atoms with Crippen LogP contribution in [-0.4, -0.2) is 43.4 Å². The lowest BCUT2D eigenvalue weighted by atomic mass is 9.97. The minimum Gasteiger partial charge on any atom is -0.338 e. The van der Waals surface area contributed by atoms with Gasteiger partial charge >= 0.3 is 0 Å². The molecule has 0 saturated carbocycles. The van der Waals surface area contributed by atoms with Crippen LogP contribution in [0.3, 0.4) is 0 Å². The van der Waals surface area contributed by atoms with E-state index in [0.29, 0.717) is 5.92 Å². The van der Waals surface area contributed by atoms with Gasteiger partial charge in [-0.15, -0.1) is 0 Å². The molecule has 1 aromatic carbocycles. The fourth-order valence-electron chi connectivity index (χ4n) is 3.86. The summed E-state index contributed by atoms with van der Waals surface area (Å²) in [5.41, 5.74) is 4.37. The first kappa shape index (κ1) is 18.3. The Hall–Kier alpha value is -3.02. The van der Waals surface area contributed by atoms with E-state index in [-0.39, 0.29) is 5.91 Å². The molecule has 3 aromatic rings. The van der Waals surface area contributed by atoms with E-state index >= 15 is 0 Å². The minimum absolute atomic E-state index is 0.105. The lowest BCUT2D eigenvalue weighted by molar-refractivity contribution is 0.0662. The number of carbonyl (C=O) groups is 1. The molecule has 1 unspecified atom stereocenters. The molecule has 1 saturated heterocycles. The Kier molecular flexibility index (Phi) is 5.19. The first-order valence-electron chi connectivity index (χ1n) is 9.76. The second-order valence-corrected chi connectivity index (χ2v) is 7.54. The van der Waals surface area contributed by atoms with E-state index in [1.165, 1.54) is 0 Å². The standard InChI is InChI=1S/C22H25N5O/c1-16-12-24-17(2)21(25-16)19-5-7-20(8-6-19)22(28)27-10-3-4-18(14-27)13-26-11-9-23-15-26/h5-9,11-12,15,18H,3-4,10,13-14H2,1-2H3. The molecular weight excluding hydrogens is 350 g/mol. The second kappa shape index (κ2) is 7.92. The quantitative estimate of drug-likeness (QED) is 0.700. The van der Waals surface area contributed by atoms with E-state index in [2.05, 4.69) is 19.5 Å². The van der Waals surface area contributed by atoms with Crippen LogP contribution in [0.5, 0.6) is 0 Å². The molecule has 1 fully saturated rings. The highest BCUT2D eigenvalue weighted by atomic mass is 16.2. The van der Waals surface area contributed by atoms with Crippen LogP contribution in [0.4, 0.5) is 0 Å². The summed E-state index contributed by atoms with van der Waals surface area (Å²) < 4.78 is 2.10. The van der Waals surface area contributed by atoms with Gasteiger partial charge in [0.1, 0.15) is 0 Å². The number of hydrogen-bond acceptors (Lipinski definition) is 4. The molecular formula is C22H25N5O. The van der Waals surface area contributed by atoms with Crippen LogP contribution in [0.25, 0.3) is 11.3 Å². The van der Waals surface area contributed by atoms with Gasteiger partial charge in [0, 0.05) is 49.4 Å². The van der Waals surface area contributed by atoms with Crippen molar-refractivity contribution in [1.82, 2.24) is 24.4 Å². The fourth-order valence-corrected chi connectivity index (χ4v) is 3.86. The smallest absolute Gasteiger partial charge is 0.253 e. The molecule has 4 rings (SSSR count). The lowest BCUT2D eigenvalue weighted by Crippen LogP contribution is -2.41. The van der Waals surface area contributed by atoms with Crippen LogP contribution in [0, 0.1) is 19.8 Å². The van der Waals surface area contributed by atoms with Crippen molar-refractivity contribution in [3.8, 4) is 11.3 Å². The highest BCUT2D eigenvalue weighted by molar-refractivity contribution is 5.94. The molecule has 0 radical (unpaired) electrons. The maximum absolute atomic E-state index is 13.0. The number of piperidine rings is 1. The van der Waals surface area contributed by atoms with E-state index in [4.69, 9.17) is 0 Å². The molecule has 28 heavy (non-hydrogen) atoms. The van der Waals surface area contributed by atoms with Crippen molar-refractivity contribution in [3.63, 3.8) is 0 Å². The summed E-state index contributed by atoms with van der Waals surface area (Å²) in [4.78, 5) is 28.1. The second-order valence-electron chi connectivity index (χ2n) is 7.54. The van der Waals surface area contributed by atoms with Crippen molar-refractivity contribution < 1.29 is 4.79 Å². The Morgan fingerprint density at radius 3 is 2.79 bits per heavy atom. The average Bonchev–Trinajstić information content (AvgIpc) is 3.23. The Balaban J connectivity index is 1.46. The third-order valence-electron chi connectivity index (χ3n) is 5.32. The summed E-state index contributed by atoms with van der Waals surface area (Å²) in [6.45, 7) is 6.41. The van der Waals surface area contributed by atoms with Crippen molar-refractivity contribution in [2.45, 2.75) is 33.2 Å². The maximum Gasteiger partial charge on any atom is 0.253 e. The predicted molar refractivity (Wildman–Crippen MR) is 108 cm³/mol. The predicted octanol–water partition coefficient (Wildman–Crippen LogP) is 3.51. The average molecular weight is 375 g/mol. The number of carbonyl (C=O) groups excluding carboxylic acids is 1. The number of likely N-dealkylation sites (tertiary alicyclic amines) is 1. The lowest BCUT2D eigenvalue weighted by Gasteiger charge is -2.33. The van der Waals surface area contributed by atoms with Gasteiger partial charge in [-0.3, -0.25) is 9.78 Å². The SMILES string of the molecule is Cc1cnc(C)c(-c2ccc(C(=O)N3CCCC(Cn4ccnc4)C3)cc2)n1. The first-order chi connectivity index (χ1) is 13.6. The van der Waals surface area contributed by atoms with Crippen LogP contribution < -0.4 is 0 Å². The molecule has 1 aliphatic rings. The minimum atomic E-state index is 0.105. The number of nitrogens with zero attached hydrogens (tertiary/aromatic N) is 5. The van der Waals surface area contributed by atoms with Crippen LogP contribution >= 0.6 is 0 Å². The van der Waals surface area contributed by atoms with Crippen molar-refractivity contribution >= 4 is 5.91 Å². The maximum atomic E-state index is 13.0. The van der Waals surface area contributed by atoms with E-state index < -0.39 is 0 Å². The summed E-state index contributed by atoms with van der Waals surface area (Å²) in [7, 11) is 0. The van der Waals surface area contributed by atoms with Gasteiger partial charge in [0.15, 0.2) is 0 Å². The summed E-state index contributed by atoms with van der Waals surface area (Å²) in [6.07, 6.45) is 9.58. The molecule has 0 aliphatic carbocycles. The van der Waals surface area contributed by atoms with E-state index in [1.807, 2.05) is 55.5 Å². The number of hydrogen-bond donors (Lipinski definition) is 0. The third-order valence-corrected chi connectivity index (χ3v) is 5.32. The number of rotatable bonds is 4. The summed E-state index contributed by atoms with van der Waals surface area (Å²) >= 11 is 0. The van der Waals surface area contributed by atoms with Gasteiger partial charge in [-0.05, 0) is 44.7 Å². The number of aryl methyl sites for hydroxylation is 2. The van der Waals surface area contributed by atoms with E-state index in [9.17, 15) is 4.79 Å². The molecule has 1 atom stereocenters. The Morgan fingerprint density at radius 1 is 1.21 bits per heavy atom. The van der Waals surface area contributed by atoms with Crippen LogP contribution in [-0.2, 0) is 6.54 Å². The fraction of sp³-hybridized carbons (Fsp3) is 0.364. The first-order valence-corrected chi connectivity index (χ1v) is 9.76. The van der Waals surface area contributed by atoms with Gasteiger partial charge in [0.25, 0.3) is 5.91 Å². The molecule has 3 heterocycles. The molecule has 1 aliphatic heterocycles. The molecule has 2 aromatic heterocycles. The number of benzene rings is 1. The zero-order valence-electron chi connectivity index (χ0n) is 16.4. The largest absolute Gasteiger partial charge is 0.338 e. The molecule has 1 amide bonds. The molecule has 0 bridgehead atoms. The van der Waals surface area contributed by atoms with Gasteiger partial charge in [-0.25, -0.2) is 9.97 Å². The van der Waals surface area contributed by atoms with Crippen LogP contribution in [0.1, 0.15) is 34.6 Å². The summed E-state index contributed by atoms with van der Waals surface area (Å²) in [5, 5.41) is 0. The van der Waals surface area contributed by atoms with E-state index in [0.717, 1.165) is 60.7 Å². The van der Waals surface area contributed by atoms with Crippen molar-refractivity contribution in [2.24, 2.45) is 5.92 Å². The van der Waals surface area contributed by atoms with E-state index in [1.54, 1.807) is 12.4 Å². The molecule has 6 nitrogen and oxygen atoms in total. The summed E-state index contributed by atoms with van der Waals surface area (Å²) in [6, 6.07) is 7.74. The zero-order chi connectivity index (χ0) is 19.5. The number of amides is 1. The van der Waals surface area contributed by atoms with Crippen LogP contribution in [0.15, 0.2) is 49.2 Å². The highest BCUT2D eigenvalue weighted by Crippen LogP contribution is 2.23. The van der Waals surface area contributed by atoms with Gasteiger partial charge in [0.05, 0.1) is 23.4 Å². The van der Waals surface area contributed by atoms with Gasteiger partial charge < -0.3 is 9.47 Å². The normalized spacial score (nSPS) is 16.9. The Labute approximate surface area is 165 Å². The highest BCUT2D eigenvalue weighted by Gasteiger charge is 2.24. The Bertz CT molecular complexity index is 950. The van der Waals surface area contributed by atoms with Crippen molar-refractivity contribution in [3.05, 3.63) is 66.1 Å². The third kappa shape index (κ3) is 3.96. The van der Waals surface area contributed by atoms with Gasteiger partial charge in [0.2, 0.25) is 0 Å². The molecule has 0 N–H and O–H groups in total. The van der Waals surface area contributed by atoms with Crippen molar-refractivity contribution in [1.29, 1.82) is 0 Å². The van der Waals surface area contributed by atoms with Gasteiger partial charge in [-0.2, -0.15) is 0 Å². The topological polar surface area (TPSA) is 63.9 Å². The van der Waals surface area contributed by atoms with Crippen LogP contribution in [0.2, 0.25) is 0 Å². The number of imidazole rings is 1. The van der Waals surface area contributed by atoms with Gasteiger partial charge in [-0.1, -0.05) is 12.1 Å². The molecule has 0 spiro atoms. The monoisotopic (exact) mass is 375 g/mol.